The molecule has 2 heterocycles. The van der Waals surface area contributed by atoms with Crippen molar-refractivity contribution in [2.24, 2.45) is 0 Å². The summed E-state index contributed by atoms with van der Waals surface area (Å²) in [5, 5.41) is 3.82. The smallest absolute Gasteiger partial charge is 0.266 e. The van der Waals surface area contributed by atoms with Crippen molar-refractivity contribution in [2.75, 3.05) is 5.32 Å². The lowest BCUT2D eigenvalue weighted by molar-refractivity contribution is -0.690. The molecule has 0 saturated heterocycles. The van der Waals surface area contributed by atoms with Crippen LogP contribution in [0.2, 0.25) is 5.02 Å². The maximum atomic E-state index is 12.7. The quantitative estimate of drug-likeness (QED) is 0.673. The summed E-state index contributed by atoms with van der Waals surface area (Å²) >= 11 is 6.03. The van der Waals surface area contributed by atoms with E-state index in [4.69, 9.17) is 11.6 Å². The Bertz CT molecular complexity index is 985. The molecule has 0 saturated carbocycles. The number of benzene rings is 2. The molecule has 0 spiro atoms. The van der Waals surface area contributed by atoms with E-state index in [0.29, 0.717) is 6.54 Å². The first-order chi connectivity index (χ1) is 13.0. The highest BCUT2D eigenvalue weighted by atomic mass is 35.5. The Balaban J connectivity index is 1.60. The molecule has 1 aliphatic rings. The number of amides is 1. The van der Waals surface area contributed by atoms with Crippen LogP contribution in [0.1, 0.15) is 23.4 Å². The van der Waals surface area contributed by atoms with Crippen molar-refractivity contribution in [3.8, 4) is 11.3 Å². The highest BCUT2D eigenvalue weighted by Crippen LogP contribution is 2.26. The standard InChI is InChI=1S/C22H22ClN3O/c1-15-5-3-6-16(2)22(15)24-20(27)14-25-13-19(26-12-4-7-21(25)26)17-8-10-18(23)11-9-17/h3,5-6,8-11,13H,4,7,12,14H2,1-2H3/p+1. The third kappa shape index (κ3) is 3.50. The highest BCUT2D eigenvalue weighted by molar-refractivity contribution is 6.30. The average Bonchev–Trinajstić information content (AvgIpc) is 3.23. The predicted octanol–water partition coefficient (Wildman–Crippen LogP) is 4.30. The van der Waals surface area contributed by atoms with E-state index in [-0.39, 0.29) is 5.91 Å². The second-order valence-corrected chi connectivity index (χ2v) is 7.57. The summed E-state index contributed by atoms with van der Waals surface area (Å²) in [5.41, 5.74) is 5.34. The zero-order valence-electron chi connectivity index (χ0n) is 15.6. The molecule has 0 radical (unpaired) electrons. The van der Waals surface area contributed by atoms with Gasteiger partial charge in [-0.1, -0.05) is 29.8 Å². The lowest BCUT2D eigenvalue weighted by atomic mass is 10.1. The van der Waals surface area contributed by atoms with Crippen LogP contribution in [0.25, 0.3) is 11.3 Å². The van der Waals surface area contributed by atoms with E-state index >= 15 is 0 Å². The highest BCUT2D eigenvalue weighted by Gasteiger charge is 2.29. The van der Waals surface area contributed by atoms with Gasteiger partial charge < -0.3 is 5.32 Å². The van der Waals surface area contributed by atoms with Gasteiger partial charge >= 0.3 is 0 Å². The van der Waals surface area contributed by atoms with E-state index < -0.39 is 0 Å². The Morgan fingerprint density at radius 2 is 1.85 bits per heavy atom. The molecular formula is C22H23ClN3O+. The summed E-state index contributed by atoms with van der Waals surface area (Å²) in [5.74, 6) is 1.21. The zero-order chi connectivity index (χ0) is 19.0. The van der Waals surface area contributed by atoms with E-state index in [2.05, 4.69) is 20.6 Å². The number of halogens is 1. The molecule has 1 aliphatic heterocycles. The molecule has 0 bridgehead atoms. The topological polar surface area (TPSA) is 37.9 Å². The fourth-order valence-corrected chi connectivity index (χ4v) is 3.97. The normalized spacial score (nSPS) is 12.9. The molecule has 4 nitrogen and oxygen atoms in total. The number of nitrogens with one attached hydrogen (secondary N) is 1. The van der Waals surface area contributed by atoms with Crippen LogP contribution in [0.4, 0.5) is 5.69 Å². The number of hydrogen-bond donors (Lipinski definition) is 1. The number of carbonyl (C=O) groups excluding carboxylic acids is 1. The lowest BCUT2D eigenvalue weighted by Crippen LogP contribution is -2.42. The van der Waals surface area contributed by atoms with Gasteiger partial charge in [0.1, 0.15) is 6.20 Å². The summed E-state index contributed by atoms with van der Waals surface area (Å²) in [6, 6.07) is 13.9. The first-order valence-electron chi connectivity index (χ1n) is 9.27. The Morgan fingerprint density at radius 3 is 2.56 bits per heavy atom. The van der Waals surface area contributed by atoms with Gasteiger partial charge in [-0.05, 0) is 55.7 Å². The van der Waals surface area contributed by atoms with Gasteiger partial charge in [0.15, 0.2) is 12.2 Å². The number of para-hydroxylation sites is 1. The van der Waals surface area contributed by atoms with Gasteiger partial charge in [-0.25, -0.2) is 9.13 Å². The molecule has 3 aromatic rings. The molecular weight excluding hydrogens is 358 g/mol. The third-order valence-corrected chi connectivity index (χ3v) is 5.45. The monoisotopic (exact) mass is 380 g/mol. The van der Waals surface area contributed by atoms with E-state index in [9.17, 15) is 4.79 Å². The minimum absolute atomic E-state index is 0.000330. The molecule has 27 heavy (non-hydrogen) atoms. The number of anilines is 1. The van der Waals surface area contributed by atoms with Crippen molar-refractivity contribution in [3.05, 3.63) is 70.6 Å². The Kier molecular flexibility index (Phi) is 4.75. The number of aryl methyl sites for hydroxylation is 2. The van der Waals surface area contributed by atoms with Crippen LogP contribution < -0.4 is 9.88 Å². The molecule has 0 aliphatic carbocycles. The van der Waals surface area contributed by atoms with Crippen LogP contribution in [0, 0.1) is 13.8 Å². The molecule has 0 unspecified atom stereocenters. The lowest BCUT2D eigenvalue weighted by Gasteiger charge is -2.10. The maximum absolute atomic E-state index is 12.7. The third-order valence-electron chi connectivity index (χ3n) is 5.19. The van der Waals surface area contributed by atoms with E-state index in [0.717, 1.165) is 52.5 Å². The van der Waals surface area contributed by atoms with Crippen LogP contribution in [-0.2, 0) is 24.3 Å². The molecule has 138 valence electrons. The summed E-state index contributed by atoms with van der Waals surface area (Å²) in [6.07, 6.45) is 4.18. The van der Waals surface area contributed by atoms with Crippen LogP contribution in [0.3, 0.4) is 0 Å². The van der Waals surface area contributed by atoms with Gasteiger partial charge in [0.2, 0.25) is 0 Å². The average molecular weight is 381 g/mol. The van der Waals surface area contributed by atoms with Crippen molar-refractivity contribution in [2.45, 2.75) is 39.8 Å². The van der Waals surface area contributed by atoms with Crippen molar-refractivity contribution in [3.63, 3.8) is 0 Å². The molecule has 0 fully saturated rings. The van der Waals surface area contributed by atoms with E-state index in [1.54, 1.807) is 0 Å². The predicted molar refractivity (Wildman–Crippen MR) is 108 cm³/mol. The minimum atomic E-state index is 0.000330. The minimum Gasteiger partial charge on any atom is -0.322 e. The Hall–Kier alpha value is -2.59. The van der Waals surface area contributed by atoms with Crippen molar-refractivity contribution < 1.29 is 9.36 Å². The van der Waals surface area contributed by atoms with Crippen molar-refractivity contribution >= 4 is 23.2 Å². The molecule has 0 atom stereocenters. The van der Waals surface area contributed by atoms with Gasteiger partial charge in [-0.3, -0.25) is 4.79 Å². The number of carbonyl (C=O) groups is 1. The summed E-state index contributed by atoms with van der Waals surface area (Å²) in [6.45, 7) is 5.34. The van der Waals surface area contributed by atoms with Crippen LogP contribution in [-0.4, -0.2) is 10.5 Å². The molecule has 1 N–H and O–H groups in total. The fraction of sp³-hybridized carbons (Fsp3) is 0.273. The number of fused-ring (bicyclic) bond motifs is 1. The number of hydrogen-bond acceptors (Lipinski definition) is 1. The first kappa shape index (κ1) is 17.8. The van der Waals surface area contributed by atoms with Crippen molar-refractivity contribution in [1.82, 2.24) is 4.57 Å². The zero-order valence-corrected chi connectivity index (χ0v) is 16.4. The summed E-state index contributed by atoms with van der Waals surface area (Å²) < 4.78 is 4.40. The van der Waals surface area contributed by atoms with Gasteiger partial charge in [-0.15, -0.1) is 0 Å². The summed E-state index contributed by atoms with van der Waals surface area (Å²) in [7, 11) is 0. The largest absolute Gasteiger partial charge is 0.322 e. The Morgan fingerprint density at radius 1 is 1.15 bits per heavy atom. The number of nitrogens with zero attached hydrogens (tertiary/aromatic N) is 2. The van der Waals surface area contributed by atoms with Gasteiger partial charge in [0.25, 0.3) is 11.7 Å². The molecule has 4 rings (SSSR count). The van der Waals surface area contributed by atoms with Crippen LogP contribution in [0.5, 0.6) is 0 Å². The van der Waals surface area contributed by atoms with Crippen molar-refractivity contribution in [1.29, 1.82) is 0 Å². The second-order valence-electron chi connectivity index (χ2n) is 7.14. The second kappa shape index (κ2) is 7.20. The Labute approximate surface area is 164 Å². The SMILES string of the molecule is Cc1cccc(C)c1NC(=O)C[n+]1cc(-c2ccc(Cl)cc2)n2c1CCC2. The molecule has 5 heteroatoms. The number of aromatic nitrogens is 2. The van der Waals surface area contributed by atoms with Crippen LogP contribution in [0.15, 0.2) is 48.7 Å². The van der Waals surface area contributed by atoms with Gasteiger partial charge in [-0.2, -0.15) is 0 Å². The summed E-state index contributed by atoms with van der Waals surface area (Å²) in [4.78, 5) is 12.7. The molecule has 1 amide bonds. The first-order valence-corrected chi connectivity index (χ1v) is 9.64. The number of rotatable bonds is 4. The number of imidazole rings is 1. The molecule has 1 aromatic heterocycles. The van der Waals surface area contributed by atoms with E-state index in [1.165, 1.54) is 5.82 Å². The van der Waals surface area contributed by atoms with Gasteiger partial charge in [0, 0.05) is 16.3 Å². The van der Waals surface area contributed by atoms with E-state index in [1.807, 2.05) is 56.3 Å². The van der Waals surface area contributed by atoms with Gasteiger partial charge in [0.05, 0.1) is 13.0 Å². The maximum Gasteiger partial charge on any atom is 0.266 e. The van der Waals surface area contributed by atoms with Crippen LogP contribution >= 0.6 is 11.6 Å². The molecule has 2 aromatic carbocycles. The fourth-order valence-electron chi connectivity index (χ4n) is 3.84.